The zero-order valence-electron chi connectivity index (χ0n) is 12.1. The van der Waals surface area contributed by atoms with E-state index in [1.54, 1.807) is 0 Å². The summed E-state index contributed by atoms with van der Waals surface area (Å²) < 4.78 is 6.73. The number of carbonyl (C=O) groups excluding carboxylic acids is 1. The third-order valence-corrected chi connectivity index (χ3v) is 4.63. The molecule has 2 aliphatic rings. The van der Waals surface area contributed by atoms with Gasteiger partial charge < -0.3 is 15.4 Å². The SMILES string of the molecule is O=C(CC1CCCNC1)NCc1cc(Br)cc2c1OCC2. The molecular weight excluding hydrogens is 332 g/mol. The molecule has 1 saturated heterocycles. The van der Waals surface area contributed by atoms with Crippen LogP contribution in [0.5, 0.6) is 5.75 Å². The number of nitrogens with one attached hydrogen (secondary N) is 2. The molecule has 21 heavy (non-hydrogen) atoms. The number of fused-ring (bicyclic) bond motifs is 1. The van der Waals surface area contributed by atoms with E-state index in [4.69, 9.17) is 4.74 Å². The van der Waals surface area contributed by atoms with E-state index in [1.165, 1.54) is 12.0 Å². The van der Waals surface area contributed by atoms with E-state index in [1.807, 2.05) is 6.07 Å². The van der Waals surface area contributed by atoms with Crippen molar-refractivity contribution in [3.8, 4) is 5.75 Å². The summed E-state index contributed by atoms with van der Waals surface area (Å²) in [7, 11) is 0. The lowest BCUT2D eigenvalue weighted by Crippen LogP contribution is -2.34. The Morgan fingerprint density at radius 3 is 3.19 bits per heavy atom. The van der Waals surface area contributed by atoms with E-state index in [9.17, 15) is 4.79 Å². The zero-order chi connectivity index (χ0) is 14.7. The number of halogens is 1. The van der Waals surface area contributed by atoms with Gasteiger partial charge in [-0.3, -0.25) is 4.79 Å². The molecular formula is C16H21BrN2O2. The first-order chi connectivity index (χ1) is 10.2. The van der Waals surface area contributed by atoms with Crippen LogP contribution >= 0.6 is 15.9 Å². The summed E-state index contributed by atoms with van der Waals surface area (Å²) in [6.45, 7) is 3.32. The third-order valence-electron chi connectivity index (χ3n) is 4.17. The molecule has 0 spiro atoms. The van der Waals surface area contributed by atoms with Gasteiger partial charge >= 0.3 is 0 Å². The Morgan fingerprint density at radius 1 is 1.48 bits per heavy atom. The Hall–Kier alpha value is -1.07. The quantitative estimate of drug-likeness (QED) is 0.874. The van der Waals surface area contributed by atoms with Crippen molar-refractivity contribution in [1.29, 1.82) is 0 Å². The standard InChI is InChI=1S/C16H21BrN2O2/c17-14-7-12-3-5-21-16(12)13(8-14)10-19-15(20)6-11-2-1-4-18-9-11/h7-8,11,18H,1-6,9-10H2,(H,19,20). The first-order valence-electron chi connectivity index (χ1n) is 7.64. The van der Waals surface area contributed by atoms with Crippen LogP contribution in [-0.2, 0) is 17.8 Å². The van der Waals surface area contributed by atoms with Gasteiger partial charge in [0.15, 0.2) is 0 Å². The predicted molar refractivity (Wildman–Crippen MR) is 85.4 cm³/mol. The van der Waals surface area contributed by atoms with Gasteiger partial charge in [-0.25, -0.2) is 0 Å². The summed E-state index contributed by atoms with van der Waals surface area (Å²) in [5.41, 5.74) is 2.29. The van der Waals surface area contributed by atoms with Crippen molar-refractivity contribution in [1.82, 2.24) is 10.6 Å². The molecule has 2 aliphatic heterocycles. The number of hydrogen-bond donors (Lipinski definition) is 2. The van der Waals surface area contributed by atoms with Crippen molar-refractivity contribution in [2.24, 2.45) is 5.92 Å². The summed E-state index contributed by atoms with van der Waals surface area (Å²) in [6, 6.07) is 4.13. The van der Waals surface area contributed by atoms with Crippen LogP contribution in [0.1, 0.15) is 30.4 Å². The smallest absolute Gasteiger partial charge is 0.220 e. The monoisotopic (exact) mass is 352 g/mol. The maximum Gasteiger partial charge on any atom is 0.220 e. The lowest BCUT2D eigenvalue weighted by molar-refractivity contribution is -0.122. The van der Waals surface area contributed by atoms with Gasteiger partial charge in [-0.2, -0.15) is 0 Å². The number of benzene rings is 1. The van der Waals surface area contributed by atoms with Crippen LogP contribution < -0.4 is 15.4 Å². The second-order valence-corrected chi connectivity index (χ2v) is 6.76. The van der Waals surface area contributed by atoms with Crippen LogP contribution in [0.2, 0.25) is 0 Å². The normalized spacial score (nSPS) is 20.7. The number of ether oxygens (including phenoxy) is 1. The van der Waals surface area contributed by atoms with Crippen LogP contribution in [0.3, 0.4) is 0 Å². The van der Waals surface area contributed by atoms with Crippen LogP contribution in [-0.4, -0.2) is 25.6 Å². The zero-order valence-corrected chi connectivity index (χ0v) is 13.7. The fourth-order valence-electron chi connectivity index (χ4n) is 3.10. The van der Waals surface area contributed by atoms with Gasteiger partial charge in [0.2, 0.25) is 5.91 Å². The summed E-state index contributed by atoms with van der Waals surface area (Å²) in [6.07, 6.45) is 3.88. The van der Waals surface area contributed by atoms with Gasteiger partial charge in [-0.05, 0) is 49.5 Å². The molecule has 0 radical (unpaired) electrons. The second-order valence-electron chi connectivity index (χ2n) is 5.84. The van der Waals surface area contributed by atoms with Crippen LogP contribution in [0.25, 0.3) is 0 Å². The van der Waals surface area contributed by atoms with E-state index in [0.717, 1.165) is 48.3 Å². The van der Waals surface area contributed by atoms with E-state index >= 15 is 0 Å². The van der Waals surface area contributed by atoms with Crippen molar-refractivity contribution in [2.45, 2.75) is 32.2 Å². The maximum absolute atomic E-state index is 12.1. The average Bonchev–Trinajstić information content (AvgIpc) is 2.94. The van der Waals surface area contributed by atoms with Gasteiger partial charge in [0.25, 0.3) is 0 Å². The first-order valence-corrected chi connectivity index (χ1v) is 8.43. The highest BCUT2D eigenvalue weighted by molar-refractivity contribution is 9.10. The molecule has 0 aromatic heterocycles. The highest BCUT2D eigenvalue weighted by Crippen LogP contribution is 2.32. The van der Waals surface area contributed by atoms with Crippen molar-refractivity contribution >= 4 is 21.8 Å². The summed E-state index contributed by atoms with van der Waals surface area (Å²) in [5, 5.41) is 6.38. The molecule has 0 aliphatic carbocycles. The first kappa shape index (κ1) is 14.9. The number of hydrogen-bond acceptors (Lipinski definition) is 3. The van der Waals surface area contributed by atoms with Gasteiger partial charge in [-0.1, -0.05) is 15.9 Å². The lowest BCUT2D eigenvalue weighted by atomic mass is 9.96. The fraction of sp³-hybridized carbons (Fsp3) is 0.562. The van der Waals surface area contributed by atoms with Gasteiger partial charge in [-0.15, -0.1) is 0 Å². The molecule has 4 nitrogen and oxygen atoms in total. The molecule has 5 heteroatoms. The Morgan fingerprint density at radius 2 is 2.38 bits per heavy atom. The Bertz CT molecular complexity index is 527. The molecule has 1 atom stereocenters. The van der Waals surface area contributed by atoms with Gasteiger partial charge in [0.05, 0.1) is 6.61 Å². The minimum absolute atomic E-state index is 0.135. The topological polar surface area (TPSA) is 50.4 Å². The predicted octanol–water partition coefficient (Wildman–Crippen LogP) is 2.39. The largest absolute Gasteiger partial charge is 0.493 e. The maximum atomic E-state index is 12.1. The van der Waals surface area contributed by atoms with Crippen LogP contribution in [0.15, 0.2) is 16.6 Å². The van der Waals surface area contributed by atoms with Crippen molar-refractivity contribution in [3.63, 3.8) is 0 Å². The summed E-state index contributed by atoms with van der Waals surface area (Å²) in [4.78, 5) is 12.1. The number of rotatable bonds is 4. The molecule has 1 unspecified atom stereocenters. The number of piperidine rings is 1. The molecule has 1 aromatic rings. The lowest BCUT2D eigenvalue weighted by Gasteiger charge is -2.22. The molecule has 1 amide bonds. The van der Waals surface area contributed by atoms with E-state index < -0.39 is 0 Å². The Balaban J connectivity index is 1.56. The minimum Gasteiger partial charge on any atom is -0.493 e. The van der Waals surface area contributed by atoms with Crippen molar-refractivity contribution in [2.75, 3.05) is 19.7 Å². The molecule has 1 aromatic carbocycles. The van der Waals surface area contributed by atoms with Crippen molar-refractivity contribution < 1.29 is 9.53 Å². The number of amides is 1. The van der Waals surface area contributed by atoms with E-state index in [-0.39, 0.29) is 5.91 Å². The van der Waals surface area contributed by atoms with Crippen LogP contribution in [0.4, 0.5) is 0 Å². The average molecular weight is 353 g/mol. The summed E-state index contributed by atoms with van der Waals surface area (Å²) in [5.74, 6) is 1.57. The van der Waals surface area contributed by atoms with E-state index in [2.05, 4.69) is 32.6 Å². The van der Waals surface area contributed by atoms with Gasteiger partial charge in [0.1, 0.15) is 5.75 Å². The molecule has 2 N–H and O–H groups in total. The fourth-order valence-corrected chi connectivity index (χ4v) is 3.66. The molecule has 114 valence electrons. The summed E-state index contributed by atoms with van der Waals surface area (Å²) >= 11 is 3.53. The Labute approximate surface area is 133 Å². The third kappa shape index (κ3) is 3.77. The molecule has 0 bridgehead atoms. The molecule has 0 saturated carbocycles. The highest BCUT2D eigenvalue weighted by atomic mass is 79.9. The van der Waals surface area contributed by atoms with Crippen molar-refractivity contribution in [3.05, 3.63) is 27.7 Å². The molecule has 3 rings (SSSR count). The van der Waals surface area contributed by atoms with Crippen LogP contribution in [0, 0.1) is 5.92 Å². The number of carbonyl (C=O) groups is 1. The van der Waals surface area contributed by atoms with E-state index in [0.29, 0.717) is 18.9 Å². The molecule has 2 heterocycles. The second kappa shape index (κ2) is 6.79. The molecule has 1 fully saturated rings. The highest BCUT2D eigenvalue weighted by Gasteiger charge is 2.19. The Kier molecular flexibility index (Phi) is 4.80. The minimum atomic E-state index is 0.135. The van der Waals surface area contributed by atoms with Gasteiger partial charge in [0, 0.05) is 29.4 Å².